The molecule has 11 heteroatoms. The Hall–Kier alpha value is -4.61. The Morgan fingerprint density at radius 3 is 2.43 bits per heavy atom. The van der Waals surface area contributed by atoms with Crippen molar-refractivity contribution in [2.45, 2.75) is 18.4 Å². The lowest BCUT2D eigenvalue weighted by Crippen LogP contribution is -2.47. The van der Waals surface area contributed by atoms with E-state index in [1.807, 2.05) is 13.0 Å². The summed E-state index contributed by atoms with van der Waals surface area (Å²) < 4.78 is 40.2. The summed E-state index contributed by atoms with van der Waals surface area (Å²) in [5.74, 6) is 0.709. The third kappa shape index (κ3) is 4.80. The van der Waals surface area contributed by atoms with Crippen molar-refractivity contribution in [3.63, 3.8) is 0 Å². The molecule has 2 aliphatic heterocycles. The Morgan fingerprint density at radius 1 is 1.02 bits per heavy atom. The first kappa shape index (κ1) is 27.6. The van der Waals surface area contributed by atoms with Gasteiger partial charge in [-0.05, 0) is 43.3 Å². The van der Waals surface area contributed by atoms with Gasteiger partial charge in [0.05, 0.1) is 28.6 Å². The first-order chi connectivity index (χ1) is 20.2. The minimum absolute atomic E-state index is 0.0748. The summed E-state index contributed by atoms with van der Waals surface area (Å²) in [6, 6.07) is 17.2. The number of hydrogen-bond acceptors (Lipinski definition) is 7. The predicted octanol–water partition coefficient (Wildman–Crippen LogP) is 4.61. The lowest BCUT2D eigenvalue weighted by molar-refractivity contribution is 0.101. The van der Waals surface area contributed by atoms with E-state index in [4.69, 9.17) is 9.47 Å². The van der Waals surface area contributed by atoms with Gasteiger partial charge in [0.15, 0.2) is 5.76 Å². The monoisotopic (exact) mass is 587 g/mol. The van der Waals surface area contributed by atoms with Crippen LogP contribution < -0.4 is 9.47 Å². The zero-order chi connectivity index (χ0) is 29.6. The molecular formula is C31H29N3O7S. The number of rotatable bonds is 6. The molecule has 6 rings (SSSR count). The van der Waals surface area contributed by atoms with Crippen LogP contribution in [-0.2, 0) is 16.6 Å². The number of hydrogen-bond donors (Lipinski definition) is 1. The van der Waals surface area contributed by atoms with Gasteiger partial charge in [0, 0.05) is 49.9 Å². The summed E-state index contributed by atoms with van der Waals surface area (Å²) >= 11 is 0. The molecular weight excluding hydrogens is 558 g/mol. The second-order valence-electron chi connectivity index (χ2n) is 10.3. The van der Waals surface area contributed by atoms with Crippen LogP contribution in [0.3, 0.4) is 0 Å². The molecule has 10 nitrogen and oxygen atoms in total. The van der Waals surface area contributed by atoms with Crippen LogP contribution in [0.25, 0.3) is 17.0 Å². The highest BCUT2D eigenvalue weighted by atomic mass is 32.2. The number of ether oxygens (including phenoxy) is 2. The van der Waals surface area contributed by atoms with Gasteiger partial charge < -0.3 is 19.5 Å². The molecule has 0 aliphatic carbocycles. The van der Waals surface area contributed by atoms with Crippen molar-refractivity contribution < 1.29 is 32.6 Å². The highest BCUT2D eigenvalue weighted by molar-refractivity contribution is 7.90. The number of piperazine rings is 1. The van der Waals surface area contributed by atoms with Crippen molar-refractivity contribution in [2.75, 3.05) is 33.3 Å². The van der Waals surface area contributed by atoms with E-state index in [9.17, 15) is 23.1 Å². The second-order valence-corrected chi connectivity index (χ2v) is 12.1. The summed E-state index contributed by atoms with van der Waals surface area (Å²) in [5, 5.41) is 9.93. The lowest BCUT2D eigenvalue weighted by atomic mass is 10.0. The molecule has 1 amide bonds. The number of amides is 1. The third-order valence-electron chi connectivity index (χ3n) is 7.72. The number of carbonyl (C=O) groups excluding carboxylic acids is 1. The Labute approximate surface area is 243 Å². The number of carbonyl (C=O) groups is 2. The number of ketones is 1. The van der Waals surface area contributed by atoms with E-state index in [1.165, 1.54) is 15.1 Å². The Kier molecular flexibility index (Phi) is 6.99. The van der Waals surface area contributed by atoms with Crippen LogP contribution in [0, 0.1) is 6.92 Å². The van der Waals surface area contributed by atoms with Crippen molar-refractivity contribution in [1.82, 2.24) is 13.8 Å². The van der Waals surface area contributed by atoms with Crippen LogP contribution >= 0.6 is 0 Å². The van der Waals surface area contributed by atoms with Crippen molar-refractivity contribution in [3.05, 3.63) is 94.9 Å². The number of nitrogens with zero attached hydrogens (tertiary/aromatic N) is 3. The fraction of sp³-hybridized carbons (Fsp3) is 0.226. The van der Waals surface area contributed by atoms with Crippen LogP contribution in [0.4, 0.5) is 4.79 Å². The molecule has 1 saturated heterocycles. The van der Waals surface area contributed by atoms with Gasteiger partial charge in [-0.3, -0.25) is 9.69 Å². The quantitative estimate of drug-likeness (QED) is 0.325. The molecule has 0 bridgehead atoms. The van der Waals surface area contributed by atoms with E-state index >= 15 is 0 Å². The van der Waals surface area contributed by atoms with Gasteiger partial charge in [0.2, 0.25) is 5.78 Å². The second kappa shape index (κ2) is 10.7. The molecule has 1 fully saturated rings. The van der Waals surface area contributed by atoms with Gasteiger partial charge in [-0.25, -0.2) is 17.2 Å². The zero-order valence-corrected chi connectivity index (χ0v) is 23.9. The average molecular weight is 588 g/mol. The summed E-state index contributed by atoms with van der Waals surface area (Å²) in [6.07, 6.45) is 2.15. The number of allylic oxidation sites excluding steroid dienone is 1. The molecule has 0 saturated carbocycles. The van der Waals surface area contributed by atoms with E-state index in [2.05, 4.69) is 4.90 Å². The van der Waals surface area contributed by atoms with E-state index in [0.717, 1.165) is 5.56 Å². The molecule has 3 heterocycles. The van der Waals surface area contributed by atoms with E-state index in [1.54, 1.807) is 67.8 Å². The number of para-hydroxylation sites is 1. The summed E-state index contributed by atoms with van der Waals surface area (Å²) in [5.41, 5.74) is 3.04. The van der Waals surface area contributed by atoms with Gasteiger partial charge in [-0.2, -0.15) is 0 Å². The number of fused-ring (bicyclic) bond motifs is 2. The molecule has 0 radical (unpaired) electrons. The molecule has 216 valence electrons. The van der Waals surface area contributed by atoms with Crippen LogP contribution in [0.5, 0.6) is 11.5 Å². The van der Waals surface area contributed by atoms with Crippen molar-refractivity contribution in [2.24, 2.45) is 0 Å². The maximum absolute atomic E-state index is 13.6. The molecule has 0 spiro atoms. The minimum atomic E-state index is -3.90. The zero-order valence-electron chi connectivity index (χ0n) is 23.1. The fourth-order valence-electron chi connectivity index (χ4n) is 5.41. The number of carboxylic acid groups (broad SMARTS) is 1. The molecule has 4 aromatic rings. The van der Waals surface area contributed by atoms with Gasteiger partial charge in [0.1, 0.15) is 11.5 Å². The van der Waals surface area contributed by atoms with Crippen LogP contribution in [0.2, 0.25) is 0 Å². The van der Waals surface area contributed by atoms with E-state index in [0.29, 0.717) is 71.8 Å². The number of methoxy groups -OCH3 is 1. The Bertz CT molecular complexity index is 1850. The Morgan fingerprint density at radius 2 is 1.74 bits per heavy atom. The topological polar surface area (TPSA) is 118 Å². The fourth-order valence-corrected chi connectivity index (χ4v) is 6.78. The maximum Gasteiger partial charge on any atom is 0.407 e. The molecule has 0 unspecified atom stereocenters. The van der Waals surface area contributed by atoms with Crippen molar-refractivity contribution >= 4 is 38.9 Å². The van der Waals surface area contributed by atoms with Gasteiger partial charge in [0.25, 0.3) is 10.0 Å². The summed E-state index contributed by atoms with van der Waals surface area (Å²) in [6.45, 7) is 4.13. The molecule has 42 heavy (non-hydrogen) atoms. The molecule has 3 aromatic carbocycles. The van der Waals surface area contributed by atoms with Crippen molar-refractivity contribution in [3.8, 4) is 11.5 Å². The third-order valence-corrected chi connectivity index (χ3v) is 9.40. The van der Waals surface area contributed by atoms with Crippen LogP contribution in [-0.4, -0.2) is 72.5 Å². The van der Waals surface area contributed by atoms with Gasteiger partial charge in [-0.1, -0.05) is 35.9 Å². The summed E-state index contributed by atoms with van der Waals surface area (Å²) in [7, 11) is -2.36. The summed E-state index contributed by atoms with van der Waals surface area (Å²) in [4.78, 5) is 28.4. The Balaban J connectivity index is 1.36. The van der Waals surface area contributed by atoms with Crippen LogP contribution in [0.1, 0.15) is 27.0 Å². The van der Waals surface area contributed by atoms with Crippen molar-refractivity contribution in [1.29, 1.82) is 0 Å². The van der Waals surface area contributed by atoms with E-state index < -0.39 is 16.1 Å². The van der Waals surface area contributed by atoms with Gasteiger partial charge >= 0.3 is 6.09 Å². The average Bonchev–Trinajstić information content (AvgIpc) is 3.52. The predicted molar refractivity (Wildman–Crippen MR) is 157 cm³/mol. The SMILES string of the molecule is COc1ccc2c(c1CN1CCN(C(=O)O)CC1)O/C(=C\c1cn(S(=O)(=O)c3ccc(C)cc3)c3ccccc13)C2=O. The number of Topliss-reactive ketones (excluding diaryl/α,β-unsaturated/α-hetero) is 1. The smallest absolute Gasteiger partial charge is 0.407 e. The van der Waals surface area contributed by atoms with E-state index in [-0.39, 0.29) is 16.4 Å². The number of benzene rings is 3. The highest BCUT2D eigenvalue weighted by Crippen LogP contribution is 2.41. The molecule has 1 N–H and O–H groups in total. The highest BCUT2D eigenvalue weighted by Gasteiger charge is 2.33. The first-order valence-electron chi connectivity index (χ1n) is 13.4. The maximum atomic E-state index is 13.6. The molecule has 1 aromatic heterocycles. The normalized spacial score (nSPS) is 16.6. The number of aromatic nitrogens is 1. The largest absolute Gasteiger partial charge is 0.496 e. The standard InChI is InChI=1S/C31H29N3O7S/c1-20-7-9-22(10-8-20)42(38,39)34-18-21(23-5-3-4-6-26(23)34)17-28-29(35)24-11-12-27(40-2)25(30(24)41-28)19-32-13-15-33(16-14-32)31(36)37/h3-12,17-18H,13-16,19H2,1-2H3,(H,36,37)/b28-17-. The lowest BCUT2D eigenvalue weighted by Gasteiger charge is -2.33. The molecule has 0 atom stereocenters. The van der Waals surface area contributed by atoms with Crippen LogP contribution in [0.15, 0.2) is 77.5 Å². The number of aryl methyl sites for hydroxylation is 1. The first-order valence-corrected chi connectivity index (χ1v) is 14.9. The molecule has 2 aliphatic rings. The van der Waals surface area contributed by atoms with Gasteiger partial charge in [-0.15, -0.1) is 0 Å². The minimum Gasteiger partial charge on any atom is -0.496 e.